The summed E-state index contributed by atoms with van der Waals surface area (Å²) in [4.78, 5) is 17.4. The average Bonchev–Trinajstić information content (AvgIpc) is 2.95. The van der Waals surface area contributed by atoms with Crippen molar-refractivity contribution in [3.63, 3.8) is 0 Å². The van der Waals surface area contributed by atoms with E-state index in [1.807, 2.05) is 38.1 Å². The summed E-state index contributed by atoms with van der Waals surface area (Å²) >= 11 is 0. The smallest absolute Gasteiger partial charge is 0.233 e. The van der Waals surface area contributed by atoms with Crippen molar-refractivity contribution in [3.8, 4) is 11.5 Å². The topological polar surface area (TPSA) is 76.4 Å². The molecule has 0 saturated carbocycles. The molecule has 2 N–H and O–H groups in total. The first-order chi connectivity index (χ1) is 12.0. The van der Waals surface area contributed by atoms with Crippen LogP contribution in [0.15, 0.2) is 28.7 Å². The van der Waals surface area contributed by atoms with Crippen LogP contribution in [0.5, 0.6) is 0 Å². The number of ether oxygens (including phenoxy) is 1. The maximum absolute atomic E-state index is 12.9. The van der Waals surface area contributed by atoms with E-state index in [0.29, 0.717) is 12.5 Å². The van der Waals surface area contributed by atoms with E-state index in [1.165, 1.54) is 0 Å². The summed E-state index contributed by atoms with van der Waals surface area (Å²) in [6.07, 6.45) is 1.54. The Bertz CT molecular complexity index is 729. The van der Waals surface area contributed by atoms with Crippen molar-refractivity contribution >= 4 is 24.0 Å². The SMILES string of the molecule is COCC1(C(=O)Nc2cccc(-c3nc(C)c(C)o3)c2)CCNCC1.Cl. The second-order valence-corrected chi connectivity index (χ2v) is 6.66. The van der Waals surface area contributed by atoms with Gasteiger partial charge in [0, 0.05) is 18.4 Å². The quantitative estimate of drug-likeness (QED) is 0.833. The van der Waals surface area contributed by atoms with Crippen LogP contribution in [0.3, 0.4) is 0 Å². The molecule has 0 aliphatic carbocycles. The molecule has 1 fully saturated rings. The fourth-order valence-electron chi connectivity index (χ4n) is 3.21. The molecule has 2 heterocycles. The maximum atomic E-state index is 12.9. The third-order valence-electron chi connectivity index (χ3n) is 4.86. The van der Waals surface area contributed by atoms with Crippen LogP contribution in [0, 0.1) is 19.3 Å². The van der Waals surface area contributed by atoms with Gasteiger partial charge >= 0.3 is 0 Å². The number of anilines is 1. The minimum absolute atomic E-state index is 0. The minimum atomic E-state index is -0.480. The Morgan fingerprint density at radius 3 is 2.69 bits per heavy atom. The predicted molar refractivity (Wildman–Crippen MR) is 104 cm³/mol. The third kappa shape index (κ3) is 4.26. The Hall–Kier alpha value is -1.89. The molecule has 3 rings (SSSR count). The molecule has 26 heavy (non-hydrogen) atoms. The molecule has 2 aromatic rings. The summed E-state index contributed by atoms with van der Waals surface area (Å²) in [5.41, 5.74) is 1.98. The average molecular weight is 380 g/mol. The van der Waals surface area contributed by atoms with Crippen molar-refractivity contribution in [1.29, 1.82) is 0 Å². The van der Waals surface area contributed by atoms with E-state index in [-0.39, 0.29) is 18.3 Å². The number of amides is 1. The molecule has 0 bridgehead atoms. The maximum Gasteiger partial charge on any atom is 0.233 e. The second kappa shape index (κ2) is 8.66. The number of benzene rings is 1. The summed E-state index contributed by atoms with van der Waals surface area (Å²) in [7, 11) is 1.64. The number of halogens is 1. The van der Waals surface area contributed by atoms with Crippen LogP contribution in [-0.4, -0.2) is 37.7 Å². The Kier molecular flexibility index (Phi) is 6.81. The highest BCUT2D eigenvalue weighted by Gasteiger charge is 2.39. The van der Waals surface area contributed by atoms with Crippen molar-refractivity contribution in [1.82, 2.24) is 10.3 Å². The molecular weight excluding hydrogens is 354 g/mol. The molecule has 1 amide bonds. The van der Waals surface area contributed by atoms with E-state index in [4.69, 9.17) is 9.15 Å². The van der Waals surface area contributed by atoms with Crippen LogP contribution in [-0.2, 0) is 9.53 Å². The zero-order chi connectivity index (χ0) is 17.9. The molecule has 0 unspecified atom stereocenters. The van der Waals surface area contributed by atoms with Gasteiger partial charge in [-0.15, -0.1) is 12.4 Å². The molecule has 1 saturated heterocycles. The van der Waals surface area contributed by atoms with Gasteiger partial charge in [0.15, 0.2) is 0 Å². The lowest BCUT2D eigenvalue weighted by Crippen LogP contribution is -2.47. The van der Waals surface area contributed by atoms with Gasteiger partial charge in [0.1, 0.15) is 5.76 Å². The number of rotatable bonds is 5. The number of carbonyl (C=O) groups excluding carboxylic acids is 1. The fourth-order valence-corrected chi connectivity index (χ4v) is 3.21. The highest BCUT2D eigenvalue weighted by Crippen LogP contribution is 2.31. The van der Waals surface area contributed by atoms with Crippen LogP contribution >= 0.6 is 12.4 Å². The summed E-state index contributed by atoms with van der Waals surface area (Å²) < 4.78 is 11.0. The second-order valence-electron chi connectivity index (χ2n) is 6.66. The van der Waals surface area contributed by atoms with Crippen LogP contribution in [0.25, 0.3) is 11.5 Å². The standard InChI is InChI=1S/C19H25N3O3.ClH/c1-13-14(2)25-17(21-13)15-5-4-6-16(11-15)22-18(23)19(12-24-3)7-9-20-10-8-19;/h4-6,11,20H,7-10,12H2,1-3H3,(H,22,23);1H. The number of methoxy groups -OCH3 is 1. The Balaban J connectivity index is 0.00000243. The van der Waals surface area contributed by atoms with Crippen molar-refractivity contribution in [2.75, 3.05) is 32.1 Å². The summed E-state index contributed by atoms with van der Waals surface area (Å²) in [5.74, 6) is 1.38. The van der Waals surface area contributed by atoms with Crippen molar-refractivity contribution < 1.29 is 13.9 Å². The molecule has 1 aromatic carbocycles. The molecular formula is C19H26ClN3O3. The zero-order valence-electron chi connectivity index (χ0n) is 15.4. The Labute approximate surface area is 160 Å². The Morgan fingerprint density at radius 2 is 2.08 bits per heavy atom. The van der Waals surface area contributed by atoms with Crippen molar-refractivity contribution in [2.45, 2.75) is 26.7 Å². The van der Waals surface area contributed by atoms with Gasteiger partial charge in [-0.3, -0.25) is 4.79 Å². The number of aromatic nitrogens is 1. The molecule has 7 heteroatoms. The van der Waals surface area contributed by atoms with Gasteiger partial charge in [-0.2, -0.15) is 0 Å². The van der Waals surface area contributed by atoms with E-state index in [9.17, 15) is 4.79 Å². The van der Waals surface area contributed by atoms with Gasteiger partial charge in [-0.25, -0.2) is 4.98 Å². The monoisotopic (exact) mass is 379 g/mol. The van der Waals surface area contributed by atoms with E-state index in [1.54, 1.807) is 7.11 Å². The van der Waals surface area contributed by atoms with Gasteiger partial charge in [-0.05, 0) is 58.0 Å². The normalized spacial score (nSPS) is 16.0. The number of carbonyl (C=O) groups is 1. The molecule has 0 atom stereocenters. The lowest BCUT2D eigenvalue weighted by Gasteiger charge is -2.35. The fraction of sp³-hybridized carbons (Fsp3) is 0.474. The molecule has 1 aromatic heterocycles. The zero-order valence-corrected chi connectivity index (χ0v) is 16.2. The molecule has 0 radical (unpaired) electrons. The molecule has 6 nitrogen and oxygen atoms in total. The van der Waals surface area contributed by atoms with Gasteiger partial charge < -0.3 is 19.8 Å². The van der Waals surface area contributed by atoms with E-state index in [0.717, 1.165) is 48.6 Å². The van der Waals surface area contributed by atoms with Crippen LogP contribution < -0.4 is 10.6 Å². The number of hydrogen-bond acceptors (Lipinski definition) is 5. The third-order valence-corrected chi connectivity index (χ3v) is 4.86. The summed E-state index contributed by atoms with van der Waals surface area (Å²) in [6.45, 7) is 5.89. The van der Waals surface area contributed by atoms with Crippen molar-refractivity contribution in [2.24, 2.45) is 5.41 Å². The van der Waals surface area contributed by atoms with Crippen molar-refractivity contribution in [3.05, 3.63) is 35.7 Å². The first-order valence-corrected chi connectivity index (χ1v) is 8.60. The lowest BCUT2D eigenvalue weighted by molar-refractivity contribution is -0.130. The first kappa shape index (κ1) is 20.4. The van der Waals surface area contributed by atoms with Gasteiger partial charge in [0.2, 0.25) is 11.8 Å². The highest BCUT2D eigenvalue weighted by molar-refractivity contribution is 5.96. The summed E-state index contributed by atoms with van der Waals surface area (Å²) in [5, 5.41) is 6.35. The number of piperidine rings is 1. The highest BCUT2D eigenvalue weighted by atomic mass is 35.5. The number of hydrogen-bond donors (Lipinski definition) is 2. The summed E-state index contributed by atoms with van der Waals surface area (Å²) in [6, 6.07) is 7.59. The van der Waals surface area contributed by atoms with Crippen LogP contribution in [0.2, 0.25) is 0 Å². The first-order valence-electron chi connectivity index (χ1n) is 8.60. The van der Waals surface area contributed by atoms with Crippen LogP contribution in [0.4, 0.5) is 5.69 Å². The van der Waals surface area contributed by atoms with Gasteiger partial charge in [-0.1, -0.05) is 6.07 Å². The van der Waals surface area contributed by atoms with Crippen LogP contribution in [0.1, 0.15) is 24.3 Å². The number of nitrogens with one attached hydrogen (secondary N) is 2. The predicted octanol–water partition coefficient (Wildman–Crippen LogP) is 3.33. The van der Waals surface area contributed by atoms with E-state index >= 15 is 0 Å². The number of aryl methyl sites for hydroxylation is 2. The molecule has 1 aliphatic rings. The number of nitrogens with zero attached hydrogens (tertiary/aromatic N) is 1. The molecule has 0 spiro atoms. The lowest BCUT2D eigenvalue weighted by atomic mass is 9.78. The van der Waals surface area contributed by atoms with Gasteiger partial charge in [0.05, 0.1) is 17.7 Å². The number of oxazole rings is 1. The van der Waals surface area contributed by atoms with Gasteiger partial charge in [0.25, 0.3) is 0 Å². The minimum Gasteiger partial charge on any atom is -0.441 e. The Morgan fingerprint density at radius 1 is 1.35 bits per heavy atom. The largest absolute Gasteiger partial charge is 0.441 e. The van der Waals surface area contributed by atoms with E-state index in [2.05, 4.69) is 15.6 Å². The molecule has 142 valence electrons. The van der Waals surface area contributed by atoms with E-state index < -0.39 is 5.41 Å². The molecule has 1 aliphatic heterocycles.